The molecule has 0 amide bonds. The summed E-state index contributed by atoms with van der Waals surface area (Å²) in [6.45, 7) is 2.85. The third kappa shape index (κ3) is 7.32. The van der Waals surface area contributed by atoms with Gasteiger partial charge in [0.15, 0.2) is 0 Å². The third-order valence-corrected chi connectivity index (χ3v) is 7.15. The molecule has 2 bridgehead atoms. The second kappa shape index (κ2) is 13.5. The van der Waals surface area contributed by atoms with Crippen LogP contribution in [-0.2, 0) is 14.3 Å². The Bertz CT molecular complexity index is 878. The Morgan fingerprint density at radius 3 is 2.85 bits per heavy atom. The summed E-state index contributed by atoms with van der Waals surface area (Å²) in [5.41, 5.74) is 0.863. The molecule has 2 fully saturated rings. The van der Waals surface area contributed by atoms with Crippen molar-refractivity contribution in [3.05, 3.63) is 60.2 Å². The molecule has 1 N–H and O–H groups in total. The third-order valence-electron chi connectivity index (χ3n) is 7.15. The first-order chi connectivity index (χ1) is 16.6. The quantitative estimate of drug-likeness (QED) is 0.183. The van der Waals surface area contributed by atoms with Crippen LogP contribution in [0.1, 0.15) is 70.3 Å². The molecular formula is C30H40O4. The lowest BCUT2D eigenvalue weighted by atomic mass is 9.73. The second-order valence-corrected chi connectivity index (χ2v) is 9.63. The summed E-state index contributed by atoms with van der Waals surface area (Å²) in [6.07, 6.45) is 16.5. The van der Waals surface area contributed by atoms with E-state index in [0.29, 0.717) is 18.9 Å². The molecular weight excluding hydrogens is 424 g/mol. The number of fused-ring (bicyclic) bond motifs is 2. The molecule has 0 unspecified atom stereocenters. The topological polar surface area (TPSA) is 55.8 Å². The zero-order valence-electron chi connectivity index (χ0n) is 20.7. The Balaban J connectivity index is 1.70. The molecule has 2 aliphatic rings. The van der Waals surface area contributed by atoms with E-state index in [1.165, 1.54) is 7.11 Å². The van der Waals surface area contributed by atoms with E-state index in [0.717, 1.165) is 56.9 Å². The highest BCUT2D eigenvalue weighted by Crippen LogP contribution is 2.55. The molecule has 1 aromatic carbocycles. The Kier molecular flexibility index (Phi) is 10.4. The van der Waals surface area contributed by atoms with Crippen molar-refractivity contribution in [2.75, 3.05) is 13.7 Å². The molecule has 184 valence electrons. The van der Waals surface area contributed by atoms with E-state index >= 15 is 0 Å². The molecule has 1 saturated carbocycles. The van der Waals surface area contributed by atoms with E-state index in [4.69, 9.17) is 9.47 Å². The lowest BCUT2D eigenvalue weighted by Gasteiger charge is -2.34. The van der Waals surface area contributed by atoms with E-state index in [9.17, 15) is 9.90 Å². The number of aliphatic hydroxyl groups is 1. The standard InChI is InChI=1S/C30H40O4/c1-3-4-8-15-25(31)18-19-26-27(16-11-5-6-12-17-29(32)33-2)30(22-28(26)34-23-30)21-20-24-13-9-7-10-14-24/h5,7,9-11,13-14,18-19,25-28,31H,3-4,6,8,12,15-17,22-23H2,1-2H3/b11-5-,19-18+/t25-,26+,27+,28+,30+/m1/s1. The van der Waals surface area contributed by atoms with Crippen LogP contribution in [0.4, 0.5) is 0 Å². The fraction of sp³-hybridized carbons (Fsp3) is 0.567. The fourth-order valence-electron chi connectivity index (χ4n) is 5.19. The second-order valence-electron chi connectivity index (χ2n) is 9.63. The van der Waals surface area contributed by atoms with Crippen molar-refractivity contribution in [2.24, 2.45) is 17.3 Å². The monoisotopic (exact) mass is 464 g/mol. The lowest BCUT2D eigenvalue weighted by molar-refractivity contribution is -0.140. The summed E-state index contributed by atoms with van der Waals surface area (Å²) in [5.74, 6) is 7.47. The predicted molar refractivity (Wildman–Crippen MR) is 136 cm³/mol. The summed E-state index contributed by atoms with van der Waals surface area (Å²) >= 11 is 0. The number of unbranched alkanes of at least 4 members (excludes halogenated alkanes) is 3. The molecule has 1 aliphatic carbocycles. The van der Waals surface area contributed by atoms with Crippen molar-refractivity contribution in [3.63, 3.8) is 0 Å². The van der Waals surface area contributed by atoms with E-state index in [1.807, 2.05) is 36.4 Å². The lowest BCUT2D eigenvalue weighted by Crippen LogP contribution is -2.35. The molecule has 3 rings (SSSR count). The van der Waals surface area contributed by atoms with Crippen LogP contribution >= 0.6 is 0 Å². The van der Waals surface area contributed by atoms with Gasteiger partial charge in [-0.1, -0.05) is 80.5 Å². The summed E-state index contributed by atoms with van der Waals surface area (Å²) in [5, 5.41) is 10.4. The zero-order chi connectivity index (χ0) is 24.2. The molecule has 1 saturated heterocycles. The van der Waals surface area contributed by atoms with Gasteiger partial charge in [0.2, 0.25) is 0 Å². The van der Waals surface area contributed by atoms with Gasteiger partial charge in [0.05, 0.1) is 31.3 Å². The van der Waals surface area contributed by atoms with E-state index < -0.39 is 6.10 Å². The Morgan fingerprint density at radius 2 is 2.09 bits per heavy atom. The average Bonchev–Trinajstić information content (AvgIpc) is 3.41. The number of esters is 1. The van der Waals surface area contributed by atoms with Crippen molar-refractivity contribution in [3.8, 4) is 11.8 Å². The number of hydrogen-bond donors (Lipinski definition) is 1. The number of carbonyl (C=O) groups is 1. The number of hydrogen-bond acceptors (Lipinski definition) is 4. The maximum Gasteiger partial charge on any atom is 0.305 e. The first kappa shape index (κ1) is 26.3. The molecule has 4 nitrogen and oxygen atoms in total. The van der Waals surface area contributed by atoms with Gasteiger partial charge < -0.3 is 14.6 Å². The largest absolute Gasteiger partial charge is 0.469 e. The van der Waals surface area contributed by atoms with E-state index in [-0.39, 0.29) is 23.4 Å². The van der Waals surface area contributed by atoms with Gasteiger partial charge in [0, 0.05) is 17.9 Å². The summed E-state index contributed by atoms with van der Waals surface area (Å²) in [4.78, 5) is 11.3. The zero-order valence-corrected chi connectivity index (χ0v) is 20.7. The number of ether oxygens (including phenoxy) is 2. The predicted octanol–water partition coefficient (Wildman–Crippen LogP) is 5.85. The SMILES string of the molecule is CCCCC[C@@H](O)/C=C/[C@@H]1[C@@H]2C[C@@](C#Cc3ccccc3)(CO2)[C@H]1C/C=C\CCCC(=O)OC. The van der Waals surface area contributed by atoms with Crippen LogP contribution in [0.2, 0.25) is 0 Å². The Labute approximate surface area is 205 Å². The van der Waals surface area contributed by atoms with Crippen molar-refractivity contribution < 1.29 is 19.4 Å². The van der Waals surface area contributed by atoms with Crippen LogP contribution in [0.25, 0.3) is 0 Å². The number of benzene rings is 1. The molecule has 4 heteroatoms. The first-order valence-corrected chi connectivity index (χ1v) is 12.9. The summed E-state index contributed by atoms with van der Waals surface area (Å²) in [6, 6.07) is 10.1. The molecule has 0 spiro atoms. The molecule has 1 heterocycles. The highest BCUT2D eigenvalue weighted by Gasteiger charge is 2.57. The van der Waals surface area contributed by atoms with Gasteiger partial charge in [-0.25, -0.2) is 0 Å². The van der Waals surface area contributed by atoms with E-state index in [1.54, 1.807) is 0 Å². The van der Waals surface area contributed by atoms with Gasteiger partial charge in [-0.2, -0.15) is 0 Å². The van der Waals surface area contributed by atoms with Crippen LogP contribution in [0.3, 0.4) is 0 Å². The molecule has 34 heavy (non-hydrogen) atoms. The molecule has 5 atom stereocenters. The first-order valence-electron chi connectivity index (χ1n) is 12.9. The number of aliphatic hydroxyl groups excluding tert-OH is 1. The minimum Gasteiger partial charge on any atom is -0.469 e. The number of rotatable bonds is 12. The van der Waals surface area contributed by atoms with E-state index in [2.05, 4.69) is 37.0 Å². The van der Waals surface area contributed by atoms with Gasteiger partial charge in [0.25, 0.3) is 0 Å². The normalized spacial score (nSPS) is 26.6. The van der Waals surface area contributed by atoms with Crippen molar-refractivity contribution in [1.82, 2.24) is 0 Å². The molecule has 0 radical (unpaired) electrons. The van der Waals surface area contributed by atoms with Crippen LogP contribution in [-0.4, -0.2) is 37.0 Å². The molecule has 1 aliphatic heterocycles. The number of carbonyl (C=O) groups excluding carboxylic acids is 1. The maximum absolute atomic E-state index is 11.3. The minimum atomic E-state index is -0.397. The fourth-order valence-corrected chi connectivity index (χ4v) is 5.19. The van der Waals surface area contributed by atoms with Crippen molar-refractivity contribution in [2.45, 2.75) is 76.9 Å². The van der Waals surface area contributed by atoms with Crippen LogP contribution in [0, 0.1) is 29.1 Å². The smallest absolute Gasteiger partial charge is 0.305 e. The maximum atomic E-state index is 11.3. The molecule has 0 aromatic heterocycles. The van der Waals surface area contributed by atoms with Gasteiger partial charge in [-0.05, 0) is 50.2 Å². The number of allylic oxidation sites excluding steroid dienone is 2. The highest BCUT2D eigenvalue weighted by atomic mass is 16.5. The van der Waals surface area contributed by atoms with Crippen LogP contribution < -0.4 is 0 Å². The van der Waals surface area contributed by atoms with Crippen molar-refractivity contribution in [1.29, 1.82) is 0 Å². The minimum absolute atomic E-state index is 0.155. The van der Waals surface area contributed by atoms with Gasteiger partial charge in [-0.15, -0.1) is 0 Å². The van der Waals surface area contributed by atoms with Gasteiger partial charge in [-0.3, -0.25) is 4.79 Å². The van der Waals surface area contributed by atoms with Crippen LogP contribution in [0.15, 0.2) is 54.6 Å². The Hall–Kier alpha value is -2.35. The van der Waals surface area contributed by atoms with Crippen LogP contribution in [0.5, 0.6) is 0 Å². The number of methoxy groups -OCH3 is 1. The summed E-state index contributed by atoms with van der Waals surface area (Å²) < 4.78 is 10.9. The highest BCUT2D eigenvalue weighted by molar-refractivity contribution is 5.69. The summed E-state index contributed by atoms with van der Waals surface area (Å²) in [7, 11) is 1.43. The van der Waals surface area contributed by atoms with Crippen molar-refractivity contribution >= 4 is 5.97 Å². The van der Waals surface area contributed by atoms with Gasteiger partial charge >= 0.3 is 5.97 Å². The molecule has 1 aromatic rings. The average molecular weight is 465 g/mol. The Morgan fingerprint density at radius 1 is 1.26 bits per heavy atom. The van der Waals surface area contributed by atoms with Gasteiger partial charge in [0.1, 0.15) is 0 Å².